The first-order valence-corrected chi connectivity index (χ1v) is 3.96. The summed E-state index contributed by atoms with van der Waals surface area (Å²) in [6, 6.07) is 0. The van der Waals surface area contributed by atoms with E-state index in [9.17, 15) is 10.2 Å². The molecule has 0 spiro atoms. The van der Waals surface area contributed by atoms with Gasteiger partial charge in [0.15, 0.2) is 6.29 Å². The van der Waals surface area contributed by atoms with E-state index in [4.69, 9.17) is 20.5 Å². The first kappa shape index (κ1) is 11.2. The maximum Gasteiger partial charge on any atom is 0.183 e. The summed E-state index contributed by atoms with van der Waals surface area (Å²) < 4.78 is 4.71. The average molecular weight is 205 g/mol. The lowest BCUT2D eigenvalue weighted by Gasteiger charge is -2.37. The van der Waals surface area contributed by atoms with Crippen LogP contribution in [-0.2, 0) is 4.74 Å². The highest BCUT2D eigenvalue weighted by molar-refractivity contribution is 4.89. The molecule has 1 aliphatic rings. The third-order valence-corrected chi connectivity index (χ3v) is 2.01. The smallest absolute Gasteiger partial charge is 0.183 e. The van der Waals surface area contributed by atoms with Crippen LogP contribution < -0.4 is 0 Å². The van der Waals surface area contributed by atoms with Crippen LogP contribution in [0, 0.1) is 0 Å². The van der Waals surface area contributed by atoms with Gasteiger partial charge in [-0.1, -0.05) is 5.11 Å². The molecule has 0 aromatic rings. The van der Waals surface area contributed by atoms with Gasteiger partial charge in [-0.2, -0.15) is 0 Å². The van der Waals surface area contributed by atoms with E-state index in [0.717, 1.165) is 0 Å². The second-order valence-electron chi connectivity index (χ2n) is 2.95. The van der Waals surface area contributed by atoms with Crippen molar-refractivity contribution in [3.63, 3.8) is 0 Å². The van der Waals surface area contributed by atoms with E-state index >= 15 is 0 Å². The van der Waals surface area contributed by atoms with Crippen molar-refractivity contribution in [2.75, 3.05) is 6.54 Å². The van der Waals surface area contributed by atoms with Crippen molar-refractivity contribution in [2.45, 2.75) is 30.7 Å². The summed E-state index contributed by atoms with van der Waals surface area (Å²) >= 11 is 0. The number of rotatable bonds is 2. The van der Waals surface area contributed by atoms with E-state index in [-0.39, 0.29) is 6.54 Å². The molecule has 1 saturated heterocycles. The lowest BCUT2D eigenvalue weighted by Crippen LogP contribution is -2.58. The topological polar surface area (TPSA) is 139 Å². The van der Waals surface area contributed by atoms with Gasteiger partial charge < -0.3 is 25.2 Å². The Morgan fingerprint density at radius 3 is 2.36 bits per heavy atom. The van der Waals surface area contributed by atoms with Crippen LogP contribution in [0.25, 0.3) is 10.4 Å². The summed E-state index contributed by atoms with van der Waals surface area (Å²) in [6.07, 6.45) is -7.07. The van der Waals surface area contributed by atoms with E-state index in [1.54, 1.807) is 0 Å². The van der Waals surface area contributed by atoms with Crippen LogP contribution in [0.1, 0.15) is 0 Å². The van der Waals surface area contributed by atoms with Gasteiger partial charge in [-0.3, -0.25) is 0 Å². The molecule has 2 unspecified atom stereocenters. The van der Waals surface area contributed by atoms with Gasteiger partial charge >= 0.3 is 0 Å². The molecule has 0 bridgehead atoms. The highest BCUT2D eigenvalue weighted by Crippen LogP contribution is 2.19. The maximum absolute atomic E-state index is 9.32. The monoisotopic (exact) mass is 205 g/mol. The molecule has 5 atom stereocenters. The van der Waals surface area contributed by atoms with Crippen LogP contribution >= 0.6 is 0 Å². The van der Waals surface area contributed by atoms with E-state index in [1.165, 1.54) is 0 Å². The normalized spacial score (nSPS) is 43.0. The molecule has 14 heavy (non-hydrogen) atoms. The predicted octanol–water partition coefficient (Wildman–Crippen LogP) is -1.90. The van der Waals surface area contributed by atoms with Crippen molar-refractivity contribution in [3.05, 3.63) is 10.4 Å². The third kappa shape index (κ3) is 2.13. The lowest BCUT2D eigenvalue weighted by molar-refractivity contribution is -0.279. The van der Waals surface area contributed by atoms with Crippen molar-refractivity contribution < 1.29 is 25.2 Å². The summed E-state index contributed by atoms with van der Waals surface area (Å²) in [6.45, 7) is -0.224. The zero-order chi connectivity index (χ0) is 10.7. The highest BCUT2D eigenvalue weighted by Gasteiger charge is 2.42. The van der Waals surface area contributed by atoms with Gasteiger partial charge in [-0.25, -0.2) is 0 Å². The van der Waals surface area contributed by atoms with Crippen LogP contribution in [0.3, 0.4) is 0 Å². The van der Waals surface area contributed by atoms with Gasteiger partial charge in [-0.05, 0) is 5.53 Å². The SMILES string of the molecule is [N-]=[N+]=NCC1O[C@H](O)C(O)[C@@H](O)[C@H]1O. The first-order chi connectivity index (χ1) is 6.57. The molecule has 80 valence electrons. The molecule has 0 aromatic heterocycles. The summed E-state index contributed by atoms with van der Waals surface area (Å²) in [7, 11) is 0. The number of ether oxygens (including phenoxy) is 1. The fourth-order valence-electron chi connectivity index (χ4n) is 1.20. The molecule has 0 aromatic carbocycles. The molecule has 0 amide bonds. The predicted molar refractivity (Wildman–Crippen MR) is 42.9 cm³/mol. The van der Waals surface area contributed by atoms with Crippen molar-refractivity contribution in [1.29, 1.82) is 0 Å². The van der Waals surface area contributed by atoms with Crippen LogP contribution in [-0.4, -0.2) is 57.7 Å². The number of hydrogen-bond acceptors (Lipinski definition) is 6. The van der Waals surface area contributed by atoms with Gasteiger partial charge in [0.25, 0.3) is 0 Å². The second kappa shape index (κ2) is 4.56. The molecule has 0 aliphatic carbocycles. The van der Waals surface area contributed by atoms with Gasteiger partial charge in [0.05, 0.1) is 12.6 Å². The van der Waals surface area contributed by atoms with Crippen molar-refractivity contribution in [3.8, 4) is 0 Å². The van der Waals surface area contributed by atoms with Crippen LogP contribution in [0.5, 0.6) is 0 Å². The molecule has 8 heteroatoms. The molecular formula is C6H11N3O5. The van der Waals surface area contributed by atoms with E-state index < -0.39 is 30.7 Å². The van der Waals surface area contributed by atoms with Crippen LogP contribution in [0.15, 0.2) is 5.11 Å². The molecular weight excluding hydrogens is 194 g/mol. The minimum atomic E-state index is -1.59. The fourth-order valence-corrected chi connectivity index (χ4v) is 1.20. The number of aliphatic hydroxyl groups is 4. The molecule has 1 aliphatic heterocycles. The second-order valence-corrected chi connectivity index (χ2v) is 2.95. The minimum absolute atomic E-state index is 0.224. The molecule has 1 rings (SSSR count). The first-order valence-electron chi connectivity index (χ1n) is 3.96. The Morgan fingerprint density at radius 1 is 1.14 bits per heavy atom. The quantitative estimate of drug-likeness (QED) is 0.237. The summed E-state index contributed by atoms with van der Waals surface area (Å²) in [5.41, 5.74) is 8.01. The molecule has 0 saturated carbocycles. The van der Waals surface area contributed by atoms with Crippen LogP contribution in [0.4, 0.5) is 0 Å². The Hall–Kier alpha value is -0.890. The van der Waals surface area contributed by atoms with Crippen LogP contribution in [0.2, 0.25) is 0 Å². The number of azide groups is 1. The highest BCUT2D eigenvalue weighted by atomic mass is 16.6. The van der Waals surface area contributed by atoms with Gasteiger partial charge in [0, 0.05) is 4.91 Å². The molecule has 1 fully saturated rings. The summed E-state index contributed by atoms with van der Waals surface area (Å²) in [5.74, 6) is 0. The minimum Gasteiger partial charge on any atom is -0.388 e. The van der Waals surface area contributed by atoms with Gasteiger partial charge in [-0.15, -0.1) is 0 Å². The zero-order valence-electron chi connectivity index (χ0n) is 7.13. The number of nitrogens with zero attached hydrogens (tertiary/aromatic N) is 3. The Kier molecular flexibility index (Phi) is 3.64. The Bertz CT molecular complexity index is 244. The Morgan fingerprint density at radius 2 is 1.79 bits per heavy atom. The van der Waals surface area contributed by atoms with Gasteiger partial charge in [0.2, 0.25) is 0 Å². The molecule has 0 radical (unpaired) electrons. The Balaban J connectivity index is 2.64. The van der Waals surface area contributed by atoms with E-state index in [0.29, 0.717) is 0 Å². The number of hydrogen-bond donors (Lipinski definition) is 4. The largest absolute Gasteiger partial charge is 0.388 e. The molecule has 1 heterocycles. The molecule has 8 nitrogen and oxygen atoms in total. The molecule has 4 N–H and O–H groups in total. The fraction of sp³-hybridized carbons (Fsp3) is 1.00. The summed E-state index contributed by atoms with van der Waals surface area (Å²) in [4.78, 5) is 2.44. The third-order valence-electron chi connectivity index (χ3n) is 2.01. The standard InChI is InChI=1S/C6H11N3O5/c7-9-8-1-2-3(10)4(11)5(12)6(13)14-2/h2-6,10-13H,1H2/t2?,3-,4-,5?,6-/m0/s1. The van der Waals surface area contributed by atoms with E-state index in [1.807, 2.05) is 0 Å². The zero-order valence-corrected chi connectivity index (χ0v) is 7.13. The Labute approximate surface area is 79.0 Å². The summed E-state index contributed by atoms with van der Waals surface area (Å²) in [5, 5.41) is 39.8. The maximum atomic E-state index is 9.32. The van der Waals surface area contributed by atoms with E-state index in [2.05, 4.69) is 10.0 Å². The van der Waals surface area contributed by atoms with Gasteiger partial charge in [0.1, 0.15) is 18.3 Å². The van der Waals surface area contributed by atoms with Crippen molar-refractivity contribution in [2.24, 2.45) is 5.11 Å². The number of aliphatic hydroxyl groups excluding tert-OH is 4. The van der Waals surface area contributed by atoms with Crippen molar-refractivity contribution >= 4 is 0 Å². The van der Waals surface area contributed by atoms with Crippen molar-refractivity contribution in [1.82, 2.24) is 0 Å². The lowest BCUT2D eigenvalue weighted by atomic mass is 9.99. The average Bonchev–Trinajstić information content (AvgIpc) is 2.18.